The average molecular weight is 159 g/mol. The Hall–Kier alpha value is -0.550. The SMILES string of the molecule is O=C/C=C\C#CBr. The van der Waals surface area contributed by atoms with Gasteiger partial charge in [0.05, 0.1) is 0 Å². The molecule has 0 aliphatic carbocycles. The van der Waals surface area contributed by atoms with Gasteiger partial charge >= 0.3 is 0 Å². The number of carbonyl (C=O) groups excluding carboxylic acids is 1. The van der Waals surface area contributed by atoms with Crippen molar-refractivity contribution in [1.29, 1.82) is 0 Å². The summed E-state index contributed by atoms with van der Waals surface area (Å²) in [6.07, 6.45) is 3.47. The third-order valence-corrected chi connectivity index (χ3v) is 0.542. The molecule has 0 spiro atoms. The maximum absolute atomic E-state index is 9.51. The largest absolute Gasteiger partial charge is 0.299 e. The Kier molecular flexibility index (Phi) is 5.02. The molecule has 0 atom stereocenters. The second kappa shape index (κ2) is 5.45. The van der Waals surface area contributed by atoms with Crippen molar-refractivity contribution in [3.63, 3.8) is 0 Å². The van der Waals surface area contributed by atoms with E-state index in [4.69, 9.17) is 0 Å². The lowest BCUT2D eigenvalue weighted by Crippen LogP contribution is -1.53. The Labute approximate surface area is 50.5 Å². The second-order valence-electron chi connectivity index (χ2n) is 0.734. The minimum Gasteiger partial charge on any atom is -0.299 e. The van der Waals surface area contributed by atoms with E-state index < -0.39 is 0 Å². The van der Waals surface area contributed by atoms with Crippen LogP contribution in [0.5, 0.6) is 0 Å². The van der Waals surface area contributed by atoms with Crippen LogP contribution < -0.4 is 0 Å². The maximum atomic E-state index is 9.51. The van der Waals surface area contributed by atoms with Gasteiger partial charge in [0.25, 0.3) is 0 Å². The third-order valence-electron chi connectivity index (χ3n) is 0.313. The van der Waals surface area contributed by atoms with E-state index in [0.29, 0.717) is 6.29 Å². The first kappa shape index (κ1) is 6.45. The number of aldehydes is 1. The molecule has 0 aliphatic rings. The van der Waals surface area contributed by atoms with E-state index in [0.717, 1.165) is 0 Å². The zero-order valence-electron chi connectivity index (χ0n) is 3.52. The molecule has 36 valence electrons. The van der Waals surface area contributed by atoms with Gasteiger partial charge in [-0.15, -0.1) is 0 Å². The Balaban J connectivity index is 3.40. The van der Waals surface area contributed by atoms with Crippen LogP contribution in [0.4, 0.5) is 0 Å². The van der Waals surface area contributed by atoms with Crippen LogP contribution in [-0.4, -0.2) is 6.29 Å². The summed E-state index contributed by atoms with van der Waals surface area (Å²) in [6, 6.07) is 0. The predicted molar refractivity (Wildman–Crippen MR) is 31.9 cm³/mol. The van der Waals surface area contributed by atoms with Crippen LogP contribution in [0.15, 0.2) is 12.2 Å². The van der Waals surface area contributed by atoms with E-state index >= 15 is 0 Å². The van der Waals surface area contributed by atoms with E-state index in [1.54, 1.807) is 0 Å². The monoisotopic (exact) mass is 158 g/mol. The molecule has 7 heavy (non-hydrogen) atoms. The normalized spacial score (nSPS) is 7.57. The first-order chi connectivity index (χ1) is 3.41. The van der Waals surface area contributed by atoms with Gasteiger partial charge in [0.2, 0.25) is 0 Å². The highest BCUT2D eigenvalue weighted by Gasteiger charge is 1.55. The smallest absolute Gasteiger partial charge is 0.143 e. The van der Waals surface area contributed by atoms with Gasteiger partial charge in [-0.2, -0.15) is 0 Å². The third kappa shape index (κ3) is 5.45. The summed E-state index contributed by atoms with van der Waals surface area (Å²) >= 11 is 2.85. The standard InChI is InChI=1S/C5H3BrO/c6-4-2-1-3-5-7/h1,3,5H/b3-1-. The minimum atomic E-state index is 0.678. The predicted octanol–water partition coefficient (Wildman–Crippen LogP) is 1.10. The van der Waals surface area contributed by atoms with E-state index in [2.05, 4.69) is 26.7 Å². The number of allylic oxidation sites excluding steroid dienone is 2. The van der Waals surface area contributed by atoms with Crippen LogP contribution in [0.1, 0.15) is 0 Å². The molecular weight excluding hydrogens is 156 g/mol. The fraction of sp³-hybridized carbons (Fsp3) is 0. The molecule has 0 amide bonds. The second-order valence-corrected chi connectivity index (χ2v) is 1.13. The molecule has 0 aliphatic heterocycles. The molecule has 0 radical (unpaired) electrons. The fourth-order valence-corrected chi connectivity index (χ4v) is 0.251. The fourth-order valence-electron chi connectivity index (χ4n) is 0.119. The minimum absolute atomic E-state index is 0.678. The highest BCUT2D eigenvalue weighted by atomic mass is 79.9. The van der Waals surface area contributed by atoms with Crippen LogP contribution in [0, 0.1) is 10.8 Å². The van der Waals surface area contributed by atoms with Gasteiger partial charge in [0.1, 0.15) is 6.29 Å². The molecule has 0 unspecified atom stereocenters. The molecule has 0 aromatic rings. The summed E-state index contributed by atoms with van der Waals surface area (Å²) in [4.78, 5) is 11.9. The molecule has 1 nitrogen and oxygen atoms in total. The molecule has 0 fully saturated rings. The van der Waals surface area contributed by atoms with E-state index in [1.807, 2.05) is 0 Å². The van der Waals surface area contributed by atoms with E-state index in [-0.39, 0.29) is 0 Å². The molecule has 0 aromatic heterocycles. The van der Waals surface area contributed by atoms with Crippen molar-refractivity contribution in [3.05, 3.63) is 12.2 Å². The van der Waals surface area contributed by atoms with Crippen molar-refractivity contribution in [1.82, 2.24) is 0 Å². The maximum Gasteiger partial charge on any atom is 0.143 e. The topological polar surface area (TPSA) is 17.1 Å². The van der Waals surface area contributed by atoms with Crippen molar-refractivity contribution in [2.24, 2.45) is 0 Å². The number of hydrogen-bond acceptors (Lipinski definition) is 1. The van der Waals surface area contributed by atoms with Gasteiger partial charge in [-0.05, 0) is 17.0 Å². The number of halogens is 1. The quantitative estimate of drug-likeness (QED) is 0.318. The van der Waals surface area contributed by atoms with E-state index in [9.17, 15) is 4.79 Å². The summed E-state index contributed by atoms with van der Waals surface area (Å²) in [5.41, 5.74) is 0. The van der Waals surface area contributed by atoms with Crippen molar-refractivity contribution in [3.8, 4) is 10.8 Å². The lowest BCUT2D eigenvalue weighted by molar-refractivity contribution is -0.104. The van der Waals surface area contributed by atoms with Crippen LogP contribution in [0.25, 0.3) is 0 Å². The zero-order chi connectivity index (χ0) is 5.54. The summed E-state index contributed by atoms with van der Waals surface area (Å²) in [5, 5.41) is 0. The molecule has 0 rings (SSSR count). The lowest BCUT2D eigenvalue weighted by Gasteiger charge is -1.55. The van der Waals surface area contributed by atoms with Crippen LogP contribution in [0.3, 0.4) is 0 Å². The number of rotatable bonds is 1. The summed E-state index contributed by atoms with van der Waals surface area (Å²) in [7, 11) is 0. The van der Waals surface area contributed by atoms with Crippen LogP contribution in [0.2, 0.25) is 0 Å². The zero-order valence-corrected chi connectivity index (χ0v) is 5.10. The van der Waals surface area contributed by atoms with Gasteiger partial charge < -0.3 is 0 Å². The molecule has 0 N–H and O–H groups in total. The Morgan fingerprint density at radius 2 is 2.29 bits per heavy atom. The van der Waals surface area contributed by atoms with Crippen LogP contribution in [-0.2, 0) is 4.79 Å². The van der Waals surface area contributed by atoms with Crippen molar-refractivity contribution < 1.29 is 4.79 Å². The molecule has 0 saturated heterocycles. The number of carbonyl (C=O) groups is 1. The molecule has 0 heterocycles. The molecule has 0 aromatic carbocycles. The van der Waals surface area contributed by atoms with Gasteiger partial charge in [-0.1, -0.05) is 5.92 Å². The molecule has 2 heteroatoms. The molecule has 0 bridgehead atoms. The van der Waals surface area contributed by atoms with Crippen molar-refractivity contribution in [2.75, 3.05) is 0 Å². The highest BCUT2D eigenvalue weighted by molar-refractivity contribution is 9.12. The summed E-state index contributed by atoms with van der Waals surface area (Å²) in [5.74, 6) is 2.50. The van der Waals surface area contributed by atoms with E-state index in [1.165, 1.54) is 12.2 Å². The Morgan fingerprint density at radius 1 is 1.57 bits per heavy atom. The summed E-state index contributed by atoms with van der Waals surface area (Å²) < 4.78 is 0. The number of hydrogen-bond donors (Lipinski definition) is 0. The highest BCUT2D eigenvalue weighted by Crippen LogP contribution is 1.69. The average Bonchev–Trinajstić information content (AvgIpc) is 1.69. The first-order valence-electron chi connectivity index (χ1n) is 1.63. The molecule has 0 saturated carbocycles. The van der Waals surface area contributed by atoms with Crippen LogP contribution >= 0.6 is 15.9 Å². The van der Waals surface area contributed by atoms with Crippen molar-refractivity contribution >= 4 is 22.2 Å². The molecular formula is C5H3BrO. The van der Waals surface area contributed by atoms with Gasteiger partial charge in [-0.3, -0.25) is 4.79 Å². The van der Waals surface area contributed by atoms with Gasteiger partial charge in [0.15, 0.2) is 0 Å². The van der Waals surface area contributed by atoms with Gasteiger partial charge in [0, 0.05) is 15.9 Å². The lowest BCUT2D eigenvalue weighted by atomic mass is 10.5. The Bertz CT molecular complexity index is 127. The van der Waals surface area contributed by atoms with Gasteiger partial charge in [-0.25, -0.2) is 0 Å². The summed E-state index contributed by atoms with van der Waals surface area (Å²) in [6.45, 7) is 0. The first-order valence-corrected chi connectivity index (χ1v) is 2.42. The van der Waals surface area contributed by atoms with Crippen molar-refractivity contribution in [2.45, 2.75) is 0 Å². The Morgan fingerprint density at radius 3 is 2.71 bits per heavy atom.